The third-order valence-electron chi connectivity index (χ3n) is 3.60. The van der Waals surface area contributed by atoms with Crippen molar-refractivity contribution in [2.75, 3.05) is 6.54 Å². The van der Waals surface area contributed by atoms with Crippen molar-refractivity contribution in [3.8, 4) is 0 Å². The number of carbonyl (C=O) groups excluding carboxylic acids is 5. The van der Waals surface area contributed by atoms with Crippen LogP contribution in [0.5, 0.6) is 0 Å². The second-order valence-electron chi connectivity index (χ2n) is 6.18. The van der Waals surface area contributed by atoms with Gasteiger partial charge in [0.25, 0.3) is 0 Å². The van der Waals surface area contributed by atoms with E-state index in [1.165, 1.54) is 6.92 Å². The van der Waals surface area contributed by atoms with Crippen molar-refractivity contribution in [3.05, 3.63) is 0 Å². The molecule has 4 unspecified atom stereocenters. The van der Waals surface area contributed by atoms with Gasteiger partial charge in [0.05, 0.1) is 19.1 Å². The van der Waals surface area contributed by atoms with E-state index in [0.29, 0.717) is 0 Å². The molecule has 5 amide bonds. The van der Waals surface area contributed by atoms with Gasteiger partial charge >= 0.3 is 5.97 Å². The summed E-state index contributed by atoms with van der Waals surface area (Å²) in [6, 6.07) is -4.22. The Labute approximate surface area is 165 Å². The van der Waals surface area contributed by atoms with Crippen LogP contribution in [0.3, 0.4) is 0 Å². The van der Waals surface area contributed by atoms with Gasteiger partial charge in [-0.25, -0.2) is 4.79 Å². The summed E-state index contributed by atoms with van der Waals surface area (Å²) in [4.78, 5) is 68.7. The van der Waals surface area contributed by atoms with Crippen LogP contribution in [0.4, 0.5) is 0 Å². The van der Waals surface area contributed by atoms with Gasteiger partial charge in [0.2, 0.25) is 29.5 Å². The normalized spacial score (nSPS) is 14.6. The van der Waals surface area contributed by atoms with E-state index in [1.807, 2.05) is 5.32 Å². The number of carboxylic acids is 1. The molecule has 0 saturated carbocycles. The quantitative estimate of drug-likeness (QED) is 0.142. The van der Waals surface area contributed by atoms with Crippen LogP contribution >= 0.6 is 0 Å². The van der Waals surface area contributed by atoms with Gasteiger partial charge in [-0.2, -0.15) is 0 Å². The molecule has 0 aliphatic heterocycles. The number of carbonyl (C=O) groups is 6. The number of nitrogens with one attached hydrogen (secondary N) is 3. The first-order valence-electron chi connectivity index (χ1n) is 8.45. The molecule has 0 aromatic carbocycles. The average molecular weight is 418 g/mol. The summed E-state index contributed by atoms with van der Waals surface area (Å²) in [5.74, 6) is -5.89. The van der Waals surface area contributed by atoms with Gasteiger partial charge in [-0.05, 0) is 13.3 Å². The van der Waals surface area contributed by atoms with E-state index < -0.39 is 72.7 Å². The predicted molar refractivity (Wildman–Crippen MR) is 96.4 cm³/mol. The summed E-state index contributed by atoms with van der Waals surface area (Å²) in [7, 11) is 0. The van der Waals surface area contributed by atoms with Gasteiger partial charge in [-0.15, -0.1) is 0 Å². The molecule has 0 radical (unpaired) electrons. The number of hydrogen-bond donors (Lipinski definition) is 8. The second-order valence-corrected chi connectivity index (χ2v) is 6.18. The number of aliphatic hydroxyl groups is 1. The smallest absolute Gasteiger partial charge is 0.326 e. The van der Waals surface area contributed by atoms with Crippen LogP contribution < -0.4 is 33.2 Å². The Morgan fingerprint density at radius 2 is 1.52 bits per heavy atom. The number of hydrogen-bond acceptors (Lipinski definition) is 8. The highest BCUT2D eigenvalue weighted by Crippen LogP contribution is 2.00. The maximum absolute atomic E-state index is 12.2. The Balaban J connectivity index is 4.91. The summed E-state index contributed by atoms with van der Waals surface area (Å²) in [6.07, 6.45) is -2.34. The van der Waals surface area contributed by atoms with Gasteiger partial charge in [0.1, 0.15) is 18.1 Å². The minimum absolute atomic E-state index is 0.208. The molecule has 0 aliphatic rings. The summed E-state index contributed by atoms with van der Waals surface area (Å²) >= 11 is 0. The maximum atomic E-state index is 12.2. The number of aliphatic carboxylic acids is 1. The van der Waals surface area contributed by atoms with Crippen LogP contribution in [0, 0.1) is 0 Å². The van der Waals surface area contributed by atoms with E-state index in [-0.39, 0.29) is 12.8 Å². The second kappa shape index (κ2) is 12.2. The average Bonchev–Trinajstić information content (AvgIpc) is 2.60. The van der Waals surface area contributed by atoms with E-state index in [0.717, 1.165) is 0 Å². The highest BCUT2D eigenvalue weighted by molar-refractivity contribution is 5.93. The van der Waals surface area contributed by atoms with Crippen molar-refractivity contribution in [1.29, 1.82) is 0 Å². The van der Waals surface area contributed by atoms with Crippen LogP contribution in [0.15, 0.2) is 0 Å². The lowest BCUT2D eigenvalue weighted by Crippen LogP contribution is -2.55. The van der Waals surface area contributed by atoms with E-state index in [9.17, 15) is 33.9 Å². The van der Waals surface area contributed by atoms with E-state index in [1.54, 1.807) is 0 Å². The summed E-state index contributed by atoms with van der Waals surface area (Å²) in [5, 5.41) is 24.6. The number of rotatable bonds is 13. The maximum Gasteiger partial charge on any atom is 0.326 e. The Morgan fingerprint density at radius 3 is 1.97 bits per heavy atom. The molecule has 0 bridgehead atoms. The highest BCUT2D eigenvalue weighted by Gasteiger charge is 2.27. The molecule has 164 valence electrons. The molecule has 0 aromatic rings. The Bertz CT molecular complexity index is 653. The zero-order valence-corrected chi connectivity index (χ0v) is 15.7. The van der Waals surface area contributed by atoms with Crippen molar-refractivity contribution in [2.45, 2.75) is 50.4 Å². The largest absolute Gasteiger partial charge is 0.480 e. The SMILES string of the molecule is CC(O)C(N)C(=O)NC(CCC(N)=O)C(=O)NCC(=O)NC(CC(N)=O)C(=O)O. The van der Waals surface area contributed by atoms with Crippen molar-refractivity contribution < 1.29 is 39.0 Å². The lowest BCUT2D eigenvalue weighted by atomic mass is 10.1. The fourth-order valence-electron chi connectivity index (χ4n) is 1.98. The summed E-state index contributed by atoms with van der Waals surface area (Å²) < 4.78 is 0. The molecule has 0 spiro atoms. The first-order valence-corrected chi connectivity index (χ1v) is 8.45. The first-order chi connectivity index (χ1) is 13.3. The fraction of sp³-hybridized carbons (Fsp3) is 0.600. The van der Waals surface area contributed by atoms with Gasteiger partial charge < -0.3 is 43.4 Å². The molecule has 0 fully saturated rings. The molecule has 14 nitrogen and oxygen atoms in total. The first kappa shape index (κ1) is 25.7. The molecular formula is C15H26N6O8. The van der Waals surface area contributed by atoms with Crippen LogP contribution in [-0.4, -0.2) is 76.5 Å². The monoisotopic (exact) mass is 418 g/mol. The summed E-state index contributed by atoms with van der Waals surface area (Å²) in [5.41, 5.74) is 15.4. The lowest BCUT2D eigenvalue weighted by Gasteiger charge is -2.21. The molecule has 14 heteroatoms. The lowest BCUT2D eigenvalue weighted by molar-refractivity contribution is -0.143. The van der Waals surface area contributed by atoms with Crippen molar-refractivity contribution in [1.82, 2.24) is 16.0 Å². The molecule has 0 rings (SSSR count). The molecule has 11 N–H and O–H groups in total. The molecule has 29 heavy (non-hydrogen) atoms. The zero-order valence-electron chi connectivity index (χ0n) is 15.7. The molecule has 4 atom stereocenters. The number of aliphatic hydroxyl groups excluding tert-OH is 1. The van der Waals surface area contributed by atoms with Crippen LogP contribution in [-0.2, 0) is 28.8 Å². The standard InChI is InChI=1S/C15H26N6O8/c1-6(22)12(18)14(27)21-7(2-3-9(16)23)13(26)19-5-11(25)20-8(15(28)29)4-10(17)24/h6-8,12,22H,2-5,18H2,1H3,(H2,16,23)(H2,17,24)(H,19,26)(H,20,25)(H,21,27)(H,28,29). The third-order valence-corrected chi connectivity index (χ3v) is 3.60. The number of primary amides is 2. The topological polar surface area (TPSA) is 257 Å². The van der Waals surface area contributed by atoms with Crippen LogP contribution in [0.25, 0.3) is 0 Å². The van der Waals surface area contributed by atoms with Crippen LogP contribution in [0.1, 0.15) is 26.2 Å². The number of nitrogens with two attached hydrogens (primary N) is 3. The number of amides is 5. The van der Waals surface area contributed by atoms with Gasteiger partial charge in [0, 0.05) is 6.42 Å². The summed E-state index contributed by atoms with van der Waals surface area (Å²) in [6.45, 7) is 0.574. The minimum Gasteiger partial charge on any atom is -0.480 e. The molecule has 0 aliphatic carbocycles. The molecule has 0 aromatic heterocycles. The molecule has 0 heterocycles. The Hall–Kier alpha value is -3.26. The van der Waals surface area contributed by atoms with Gasteiger partial charge in [0.15, 0.2) is 0 Å². The number of carboxylic acid groups (broad SMARTS) is 1. The van der Waals surface area contributed by atoms with E-state index in [2.05, 4.69) is 10.6 Å². The minimum atomic E-state index is -1.58. The zero-order chi connectivity index (χ0) is 22.7. The molecular weight excluding hydrogens is 392 g/mol. The third kappa shape index (κ3) is 10.6. The van der Waals surface area contributed by atoms with Crippen molar-refractivity contribution in [2.24, 2.45) is 17.2 Å². The Morgan fingerprint density at radius 1 is 0.931 bits per heavy atom. The molecule has 0 saturated heterocycles. The van der Waals surface area contributed by atoms with E-state index >= 15 is 0 Å². The van der Waals surface area contributed by atoms with E-state index in [4.69, 9.17) is 22.3 Å². The van der Waals surface area contributed by atoms with Gasteiger partial charge in [-0.1, -0.05) is 0 Å². The van der Waals surface area contributed by atoms with Crippen molar-refractivity contribution >= 4 is 35.5 Å². The van der Waals surface area contributed by atoms with Crippen LogP contribution in [0.2, 0.25) is 0 Å². The predicted octanol–water partition coefficient (Wildman–Crippen LogP) is -4.99. The van der Waals surface area contributed by atoms with Crippen molar-refractivity contribution in [3.63, 3.8) is 0 Å². The highest BCUT2D eigenvalue weighted by atomic mass is 16.4. The van der Waals surface area contributed by atoms with Gasteiger partial charge in [-0.3, -0.25) is 24.0 Å². The fourth-order valence-corrected chi connectivity index (χ4v) is 1.98. The Kier molecular flexibility index (Phi) is 10.9.